The molecule has 0 saturated carbocycles. The van der Waals surface area contributed by atoms with Crippen LogP contribution >= 0.6 is 11.6 Å². The zero-order valence-corrected chi connectivity index (χ0v) is 18.9. The van der Waals surface area contributed by atoms with Crippen LogP contribution in [0.25, 0.3) is 33.2 Å². The van der Waals surface area contributed by atoms with E-state index in [1.54, 1.807) is 4.57 Å². The standard InChI is InChI=1S/C25H24ClN5O/c1-3-4-9-14-30-23-21(22-24(30)29-20-13-8-7-12-19(20)28-22)25(32)31(16(2)27-23)15-17-10-5-6-11-18(17)26/h5-8,10-13H,3-4,9,14-15H2,1-2H3. The summed E-state index contributed by atoms with van der Waals surface area (Å²) in [7, 11) is 0. The van der Waals surface area contributed by atoms with Gasteiger partial charge in [-0.3, -0.25) is 9.36 Å². The molecule has 5 rings (SSSR count). The van der Waals surface area contributed by atoms with Crippen molar-refractivity contribution in [3.8, 4) is 0 Å². The third-order valence-electron chi connectivity index (χ3n) is 5.91. The number of fused-ring (bicyclic) bond motifs is 4. The van der Waals surface area contributed by atoms with E-state index in [4.69, 9.17) is 26.6 Å². The van der Waals surface area contributed by atoms with Crippen LogP contribution in [0.1, 0.15) is 37.6 Å². The number of nitrogens with zero attached hydrogens (tertiary/aromatic N) is 5. The van der Waals surface area contributed by atoms with Crippen molar-refractivity contribution < 1.29 is 0 Å². The Morgan fingerprint density at radius 3 is 2.34 bits per heavy atom. The summed E-state index contributed by atoms with van der Waals surface area (Å²) < 4.78 is 3.74. The summed E-state index contributed by atoms with van der Waals surface area (Å²) in [6.45, 7) is 5.15. The molecule has 5 aromatic rings. The first kappa shape index (κ1) is 20.6. The van der Waals surface area contributed by atoms with Crippen LogP contribution in [0.15, 0.2) is 53.3 Å². The Morgan fingerprint density at radius 1 is 0.875 bits per heavy atom. The SMILES string of the molecule is CCCCCn1c2nc3ccccc3nc2c2c(=O)n(Cc3ccccc3Cl)c(C)nc21. The van der Waals surface area contributed by atoms with Crippen molar-refractivity contribution in [2.45, 2.75) is 46.2 Å². The van der Waals surface area contributed by atoms with Gasteiger partial charge in [-0.2, -0.15) is 0 Å². The molecule has 32 heavy (non-hydrogen) atoms. The first-order valence-corrected chi connectivity index (χ1v) is 11.4. The molecule has 0 N–H and O–H groups in total. The summed E-state index contributed by atoms with van der Waals surface area (Å²) in [5.41, 5.74) is 4.33. The Kier molecular flexibility index (Phi) is 5.39. The Balaban J connectivity index is 1.79. The van der Waals surface area contributed by atoms with E-state index >= 15 is 0 Å². The van der Waals surface area contributed by atoms with Crippen LogP contribution in [-0.2, 0) is 13.1 Å². The lowest BCUT2D eigenvalue weighted by Gasteiger charge is -2.12. The monoisotopic (exact) mass is 445 g/mol. The molecule has 0 saturated heterocycles. The maximum Gasteiger partial charge on any atom is 0.265 e. The van der Waals surface area contributed by atoms with Gasteiger partial charge >= 0.3 is 0 Å². The molecule has 6 nitrogen and oxygen atoms in total. The normalized spacial score (nSPS) is 11.7. The largest absolute Gasteiger partial charge is 0.308 e. The topological polar surface area (TPSA) is 65.6 Å². The molecule has 3 aromatic heterocycles. The minimum absolute atomic E-state index is 0.115. The van der Waals surface area contributed by atoms with Gasteiger partial charge in [0.1, 0.15) is 16.7 Å². The second kappa shape index (κ2) is 8.36. The zero-order valence-electron chi connectivity index (χ0n) is 18.2. The molecule has 0 aliphatic carbocycles. The van der Waals surface area contributed by atoms with Crippen molar-refractivity contribution in [3.63, 3.8) is 0 Å². The quantitative estimate of drug-likeness (QED) is 0.324. The number of aryl methyl sites for hydroxylation is 2. The Labute approximate surface area is 190 Å². The molecule has 162 valence electrons. The predicted octanol–water partition coefficient (Wildman–Crippen LogP) is 5.49. The van der Waals surface area contributed by atoms with Crippen LogP contribution in [0, 0.1) is 6.92 Å². The second-order valence-corrected chi connectivity index (χ2v) is 8.49. The van der Waals surface area contributed by atoms with Gasteiger partial charge in [0, 0.05) is 11.6 Å². The van der Waals surface area contributed by atoms with Gasteiger partial charge in [-0.25, -0.2) is 15.0 Å². The first-order chi connectivity index (χ1) is 15.6. The van der Waals surface area contributed by atoms with E-state index in [-0.39, 0.29) is 5.56 Å². The van der Waals surface area contributed by atoms with Gasteiger partial charge in [-0.1, -0.05) is 61.7 Å². The molecule has 2 aromatic carbocycles. The number of aromatic nitrogens is 5. The van der Waals surface area contributed by atoms with Gasteiger partial charge in [0.2, 0.25) is 0 Å². The van der Waals surface area contributed by atoms with Gasteiger partial charge in [0.25, 0.3) is 5.56 Å². The van der Waals surface area contributed by atoms with Gasteiger partial charge in [-0.05, 0) is 37.1 Å². The van der Waals surface area contributed by atoms with Crippen molar-refractivity contribution in [2.75, 3.05) is 0 Å². The number of halogens is 1. The number of hydrogen-bond donors (Lipinski definition) is 0. The predicted molar refractivity (Wildman–Crippen MR) is 129 cm³/mol. The van der Waals surface area contributed by atoms with Crippen molar-refractivity contribution in [1.29, 1.82) is 0 Å². The molecule has 7 heteroatoms. The van der Waals surface area contributed by atoms with Gasteiger partial charge in [0.15, 0.2) is 11.3 Å². The average Bonchev–Trinajstić information content (AvgIpc) is 3.08. The third-order valence-corrected chi connectivity index (χ3v) is 6.28. The molecular weight excluding hydrogens is 422 g/mol. The van der Waals surface area contributed by atoms with Crippen molar-refractivity contribution in [1.82, 2.24) is 24.1 Å². The second-order valence-electron chi connectivity index (χ2n) is 8.08. The fourth-order valence-corrected chi connectivity index (χ4v) is 4.41. The maximum atomic E-state index is 13.8. The van der Waals surface area contributed by atoms with Gasteiger partial charge in [-0.15, -0.1) is 0 Å². The molecule has 0 radical (unpaired) electrons. The van der Waals surface area contributed by atoms with Crippen LogP contribution in [0.5, 0.6) is 0 Å². The summed E-state index contributed by atoms with van der Waals surface area (Å²) in [6.07, 6.45) is 3.21. The summed E-state index contributed by atoms with van der Waals surface area (Å²) in [4.78, 5) is 28.4. The molecule has 0 aliphatic heterocycles. The molecule has 0 unspecified atom stereocenters. The van der Waals surface area contributed by atoms with E-state index < -0.39 is 0 Å². The Hall–Kier alpha value is -3.25. The fourth-order valence-electron chi connectivity index (χ4n) is 4.21. The van der Waals surface area contributed by atoms with Crippen LogP contribution in [0.4, 0.5) is 0 Å². The number of para-hydroxylation sites is 2. The Bertz CT molecular complexity index is 1520. The highest BCUT2D eigenvalue weighted by atomic mass is 35.5. The summed E-state index contributed by atoms with van der Waals surface area (Å²) >= 11 is 6.37. The number of hydrogen-bond acceptors (Lipinski definition) is 4. The molecule has 0 bridgehead atoms. The summed E-state index contributed by atoms with van der Waals surface area (Å²) in [5, 5.41) is 1.15. The van der Waals surface area contributed by atoms with Crippen molar-refractivity contribution in [3.05, 3.63) is 75.3 Å². The van der Waals surface area contributed by atoms with E-state index in [0.29, 0.717) is 39.6 Å². The molecular formula is C25H24ClN5O. The lowest BCUT2D eigenvalue weighted by molar-refractivity contribution is 0.619. The minimum atomic E-state index is -0.115. The van der Waals surface area contributed by atoms with E-state index in [0.717, 1.165) is 42.4 Å². The van der Waals surface area contributed by atoms with Crippen molar-refractivity contribution >= 4 is 44.8 Å². The van der Waals surface area contributed by atoms with Crippen LogP contribution in [-0.4, -0.2) is 24.1 Å². The van der Waals surface area contributed by atoms with E-state index in [1.165, 1.54) is 0 Å². The molecule has 0 fully saturated rings. The summed E-state index contributed by atoms with van der Waals surface area (Å²) in [5.74, 6) is 0.645. The Morgan fingerprint density at radius 2 is 1.59 bits per heavy atom. The smallest absolute Gasteiger partial charge is 0.265 e. The number of rotatable bonds is 6. The lowest BCUT2D eigenvalue weighted by atomic mass is 10.2. The molecule has 0 atom stereocenters. The first-order valence-electron chi connectivity index (χ1n) is 11.0. The average molecular weight is 446 g/mol. The van der Waals surface area contributed by atoms with Crippen LogP contribution in [0.2, 0.25) is 5.02 Å². The maximum absolute atomic E-state index is 13.8. The molecule has 0 spiro atoms. The number of benzene rings is 2. The van der Waals surface area contributed by atoms with E-state index in [2.05, 4.69) is 11.5 Å². The van der Waals surface area contributed by atoms with E-state index in [1.807, 2.05) is 55.5 Å². The van der Waals surface area contributed by atoms with Gasteiger partial charge < -0.3 is 4.57 Å². The highest BCUT2D eigenvalue weighted by Crippen LogP contribution is 2.26. The highest BCUT2D eigenvalue weighted by molar-refractivity contribution is 6.31. The van der Waals surface area contributed by atoms with Crippen LogP contribution in [0.3, 0.4) is 0 Å². The minimum Gasteiger partial charge on any atom is -0.308 e. The van der Waals surface area contributed by atoms with E-state index in [9.17, 15) is 4.79 Å². The summed E-state index contributed by atoms with van der Waals surface area (Å²) in [6, 6.07) is 15.3. The molecule has 0 aliphatic rings. The number of unbranched alkanes of at least 4 members (excludes halogenated alkanes) is 2. The zero-order chi connectivity index (χ0) is 22.2. The third kappa shape index (κ3) is 3.45. The molecule has 3 heterocycles. The fraction of sp³-hybridized carbons (Fsp3) is 0.280. The highest BCUT2D eigenvalue weighted by Gasteiger charge is 2.21. The van der Waals surface area contributed by atoms with Crippen molar-refractivity contribution in [2.24, 2.45) is 0 Å². The molecule has 0 amide bonds. The van der Waals surface area contributed by atoms with Gasteiger partial charge in [0.05, 0.1) is 17.6 Å². The van der Waals surface area contributed by atoms with Crippen LogP contribution < -0.4 is 5.56 Å². The lowest BCUT2D eigenvalue weighted by Crippen LogP contribution is -2.25.